The zero-order valence-corrected chi connectivity index (χ0v) is 15.2. The first-order valence-electron chi connectivity index (χ1n) is 7.60. The van der Waals surface area contributed by atoms with Crippen molar-refractivity contribution in [2.75, 3.05) is 20.8 Å². The van der Waals surface area contributed by atoms with Gasteiger partial charge in [0.05, 0.1) is 14.2 Å². The number of rotatable bonds is 4. The van der Waals surface area contributed by atoms with Crippen molar-refractivity contribution in [1.82, 2.24) is 10.3 Å². The molecule has 25 heavy (non-hydrogen) atoms. The molecule has 1 aliphatic rings. The van der Waals surface area contributed by atoms with Gasteiger partial charge in [0, 0.05) is 29.4 Å². The number of ketones is 1. The normalized spacial score (nSPS) is 14.6. The quantitative estimate of drug-likeness (QED) is 0.498. The molecule has 2 heterocycles. The van der Waals surface area contributed by atoms with Gasteiger partial charge in [0.15, 0.2) is 17.3 Å². The van der Waals surface area contributed by atoms with Gasteiger partial charge in [-0.2, -0.15) is 0 Å². The van der Waals surface area contributed by atoms with Gasteiger partial charge >= 0.3 is 0 Å². The van der Waals surface area contributed by atoms with E-state index < -0.39 is 0 Å². The van der Waals surface area contributed by atoms with E-state index in [1.807, 2.05) is 12.1 Å². The summed E-state index contributed by atoms with van der Waals surface area (Å²) in [6, 6.07) is 6.79. The van der Waals surface area contributed by atoms with Crippen LogP contribution in [-0.4, -0.2) is 31.5 Å². The minimum Gasteiger partial charge on any atom is -0.493 e. The maximum absolute atomic E-state index is 12.6. The van der Waals surface area contributed by atoms with Gasteiger partial charge in [-0.05, 0) is 36.2 Å². The van der Waals surface area contributed by atoms with E-state index in [4.69, 9.17) is 32.7 Å². The van der Waals surface area contributed by atoms with Crippen LogP contribution in [0.2, 0.25) is 10.3 Å². The third-order valence-corrected chi connectivity index (χ3v) is 4.32. The molecule has 1 N–H and O–H groups in total. The summed E-state index contributed by atoms with van der Waals surface area (Å²) in [6.07, 6.45) is 2.36. The van der Waals surface area contributed by atoms with Crippen LogP contribution in [-0.2, 0) is 6.42 Å². The number of benzene rings is 1. The van der Waals surface area contributed by atoms with Crippen LogP contribution in [0.25, 0.3) is 5.70 Å². The molecule has 1 aromatic heterocycles. The van der Waals surface area contributed by atoms with Crippen molar-refractivity contribution in [3.05, 3.63) is 57.3 Å². The number of methoxy groups -OCH3 is 2. The Hall–Kier alpha value is -2.24. The average molecular weight is 379 g/mol. The fourth-order valence-electron chi connectivity index (χ4n) is 2.76. The van der Waals surface area contributed by atoms with E-state index in [2.05, 4.69) is 10.3 Å². The number of nitrogens with one attached hydrogen (secondary N) is 1. The Labute approximate surface area is 155 Å². The lowest BCUT2D eigenvalue weighted by molar-refractivity contribution is 0.104. The average Bonchev–Trinajstić information content (AvgIpc) is 2.59. The predicted octanol–water partition coefficient (Wildman–Crippen LogP) is 3.78. The number of carbonyl (C=O) groups is 1. The van der Waals surface area contributed by atoms with Crippen LogP contribution in [0, 0.1) is 0 Å². The number of pyridine rings is 1. The number of hydrogen-bond acceptors (Lipinski definition) is 5. The summed E-state index contributed by atoms with van der Waals surface area (Å²) in [5.41, 5.74) is 3.09. The molecule has 0 atom stereocenters. The molecule has 0 fully saturated rings. The van der Waals surface area contributed by atoms with Crippen molar-refractivity contribution in [3.63, 3.8) is 0 Å². The fraction of sp³-hybridized carbons (Fsp3) is 0.222. The second kappa shape index (κ2) is 7.33. The molecule has 0 amide bonds. The Morgan fingerprint density at radius 1 is 1.12 bits per heavy atom. The number of halogens is 2. The molecular weight excluding hydrogens is 363 g/mol. The van der Waals surface area contributed by atoms with E-state index in [9.17, 15) is 4.79 Å². The van der Waals surface area contributed by atoms with Crippen molar-refractivity contribution in [3.8, 4) is 11.5 Å². The van der Waals surface area contributed by atoms with Gasteiger partial charge in [0.25, 0.3) is 0 Å². The highest BCUT2D eigenvalue weighted by Crippen LogP contribution is 2.35. The number of ether oxygens (including phenoxy) is 2. The lowest BCUT2D eigenvalue weighted by atomic mass is 9.96. The number of nitrogens with zero attached hydrogens (tertiary/aromatic N) is 1. The van der Waals surface area contributed by atoms with Gasteiger partial charge in [0.1, 0.15) is 10.3 Å². The monoisotopic (exact) mass is 378 g/mol. The van der Waals surface area contributed by atoms with Gasteiger partial charge < -0.3 is 14.8 Å². The highest BCUT2D eigenvalue weighted by molar-refractivity contribution is 6.33. The van der Waals surface area contributed by atoms with Gasteiger partial charge in [-0.15, -0.1) is 0 Å². The second-order valence-corrected chi connectivity index (χ2v) is 6.24. The Kier molecular flexibility index (Phi) is 5.16. The number of carbonyl (C=O) groups excluding carboxylic acids is 1. The van der Waals surface area contributed by atoms with Crippen LogP contribution in [0.4, 0.5) is 0 Å². The van der Waals surface area contributed by atoms with Crippen LogP contribution in [0.1, 0.15) is 21.5 Å². The predicted molar refractivity (Wildman–Crippen MR) is 97.8 cm³/mol. The van der Waals surface area contributed by atoms with E-state index in [0.29, 0.717) is 17.1 Å². The van der Waals surface area contributed by atoms with Crippen LogP contribution in [0.15, 0.2) is 30.3 Å². The summed E-state index contributed by atoms with van der Waals surface area (Å²) < 4.78 is 10.7. The van der Waals surface area contributed by atoms with Crippen molar-refractivity contribution >= 4 is 34.7 Å². The third kappa shape index (κ3) is 3.72. The summed E-state index contributed by atoms with van der Waals surface area (Å²) in [4.78, 5) is 16.4. The molecule has 2 aromatic rings. The Balaban J connectivity index is 2.02. The van der Waals surface area contributed by atoms with Crippen molar-refractivity contribution in [1.29, 1.82) is 0 Å². The Morgan fingerprint density at radius 2 is 1.76 bits per heavy atom. The summed E-state index contributed by atoms with van der Waals surface area (Å²) >= 11 is 11.8. The zero-order chi connectivity index (χ0) is 18.0. The van der Waals surface area contributed by atoms with Gasteiger partial charge in [0.2, 0.25) is 0 Å². The number of aromatic nitrogens is 1. The third-order valence-electron chi connectivity index (χ3n) is 3.93. The smallest absolute Gasteiger partial charge is 0.188 e. The molecule has 0 radical (unpaired) electrons. The fourth-order valence-corrected chi connectivity index (χ4v) is 3.22. The van der Waals surface area contributed by atoms with Gasteiger partial charge in [-0.3, -0.25) is 4.79 Å². The molecule has 1 aromatic carbocycles. The van der Waals surface area contributed by atoms with Gasteiger partial charge in [-0.25, -0.2) is 4.98 Å². The van der Waals surface area contributed by atoms with Crippen molar-refractivity contribution in [2.24, 2.45) is 0 Å². The molecule has 0 unspecified atom stereocenters. The largest absolute Gasteiger partial charge is 0.493 e. The number of fused-ring (bicyclic) bond motifs is 1. The van der Waals surface area contributed by atoms with E-state index in [1.54, 1.807) is 14.2 Å². The second-order valence-electron chi connectivity index (χ2n) is 5.46. The molecule has 1 aliphatic heterocycles. The molecule has 3 rings (SSSR count). The maximum atomic E-state index is 12.6. The Bertz CT molecular complexity index is 845. The van der Waals surface area contributed by atoms with Crippen molar-refractivity contribution in [2.45, 2.75) is 6.42 Å². The first kappa shape index (κ1) is 17.6. The van der Waals surface area contributed by atoms with E-state index >= 15 is 0 Å². The van der Waals surface area contributed by atoms with Crippen LogP contribution >= 0.6 is 23.2 Å². The Morgan fingerprint density at radius 3 is 2.40 bits per heavy atom. The molecule has 0 aliphatic carbocycles. The topological polar surface area (TPSA) is 60.5 Å². The highest BCUT2D eigenvalue weighted by Gasteiger charge is 2.19. The van der Waals surface area contributed by atoms with E-state index in [0.717, 1.165) is 29.8 Å². The SMILES string of the molecule is COc1cc2c(cc1OC)/C(=C/C(=O)c1cc(Cl)nc(Cl)c1)NCC2. The van der Waals surface area contributed by atoms with Crippen LogP contribution < -0.4 is 14.8 Å². The highest BCUT2D eigenvalue weighted by atomic mass is 35.5. The number of allylic oxidation sites excluding steroid dienone is 1. The summed E-state index contributed by atoms with van der Waals surface area (Å²) in [7, 11) is 3.18. The van der Waals surface area contributed by atoms with E-state index in [1.165, 1.54) is 18.2 Å². The minimum absolute atomic E-state index is 0.178. The molecule has 5 nitrogen and oxygen atoms in total. The van der Waals surface area contributed by atoms with Crippen LogP contribution in [0.3, 0.4) is 0 Å². The molecule has 0 bridgehead atoms. The maximum Gasteiger partial charge on any atom is 0.188 e. The lowest BCUT2D eigenvalue weighted by Gasteiger charge is -2.23. The summed E-state index contributed by atoms with van der Waals surface area (Å²) in [6.45, 7) is 0.722. The lowest BCUT2D eigenvalue weighted by Crippen LogP contribution is -2.23. The minimum atomic E-state index is -0.212. The zero-order valence-electron chi connectivity index (χ0n) is 13.7. The van der Waals surface area contributed by atoms with Crippen molar-refractivity contribution < 1.29 is 14.3 Å². The van der Waals surface area contributed by atoms with Crippen LogP contribution in [0.5, 0.6) is 11.5 Å². The van der Waals surface area contributed by atoms with Gasteiger partial charge in [-0.1, -0.05) is 23.2 Å². The first-order chi connectivity index (χ1) is 12.0. The molecule has 130 valence electrons. The number of hydrogen-bond donors (Lipinski definition) is 1. The molecule has 0 saturated heterocycles. The summed E-state index contributed by atoms with van der Waals surface area (Å²) in [5, 5.41) is 3.61. The molecule has 0 saturated carbocycles. The standard InChI is InChI=1S/C18H16Cl2N2O3/c1-24-15-5-10-3-4-21-13(12(10)8-16(15)25-2)9-14(23)11-6-17(19)22-18(20)7-11/h5-9,21H,3-4H2,1-2H3/b13-9-. The first-order valence-corrected chi connectivity index (χ1v) is 8.35. The molecule has 7 heteroatoms. The molecule has 0 spiro atoms. The van der Waals surface area contributed by atoms with E-state index in [-0.39, 0.29) is 16.1 Å². The molecular formula is C18H16Cl2N2O3. The summed E-state index contributed by atoms with van der Waals surface area (Å²) in [5.74, 6) is 1.07.